The first-order chi connectivity index (χ1) is 28.9. The van der Waals surface area contributed by atoms with Gasteiger partial charge in [0, 0.05) is 0 Å². The van der Waals surface area contributed by atoms with E-state index in [4.69, 9.17) is 9.47 Å². The van der Waals surface area contributed by atoms with Crippen LogP contribution in [0.2, 0.25) is 0 Å². The van der Waals surface area contributed by atoms with Crippen molar-refractivity contribution in [3.8, 4) is 34.5 Å². The van der Waals surface area contributed by atoms with Gasteiger partial charge in [0.15, 0.2) is 11.5 Å². The number of para-hydroxylation sites is 4. The summed E-state index contributed by atoms with van der Waals surface area (Å²) in [7, 11) is -9.35. The fourth-order valence-corrected chi connectivity index (χ4v) is 8.20. The molecule has 0 saturated carbocycles. The van der Waals surface area contributed by atoms with Crippen LogP contribution in [0.15, 0.2) is 94.7 Å². The molecular weight excluding hydrogens is 841 g/mol. The minimum atomic E-state index is -4.83. The van der Waals surface area contributed by atoms with E-state index < -0.39 is 41.5 Å². The normalized spacial score (nSPS) is 11.3. The summed E-state index contributed by atoms with van der Waals surface area (Å²) in [5, 5.41) is 22.4. The Labute approximate surface area is 396 Å². The number of aromatic hydroxyl groups is 1. The molecule has 0 aliphatic carbocycles. The number of rotatable bonds is 28. The molecule has 61 heavy (non-hydrogen) atoms. The molecule has 0 spiro atoms. The maximum atomic E-state index is 12.3. The van der Waals surface area contributed by atoms with Gasteiger partial charge in [-0.1, -0.05) is 178 Å². The largest absolute Gasteiger partial charge is 2.00 e. The van der Waals surface area contributed by atoms with E-state index in [1.54, 1.807) is 18.2 Å². The maximum Gasteiger partial charge on any atom is 2.00 e. The van der Waals surface area contributed by atoms with Crippen molar-refractivity contribution in [1.82, 2.24) is 0 Å². The first-order valence-corrected chi connectivity index (χ1v) is 24.8. The van der Waals surface area contributed by atoms with E-state index in [0.29, 0.717) is 11.5 Å². The monoisotopic (exact) mass is 906 g/mol. The number of benzene rings is 4. The molecule has 4 aromatic carbocycles. The molecule has 0 aliphatic heterocycles. The molecule has 0 unspecified atom stereocenters. The third-order valence-electron chi connectivity index (χ3n) is 10.4. The van der Waals surface area contributed by atoms with Crippen LogP contribution in [0.1, 0.15) is 153 Å². The van der Waals surface area contributed by atoms with E-state index in [2.05, 4.69) is 13.8 Å². The first-order valence-electron chi connectivity index (χ1n) is 21.9. The maximum absolute atomic E-state index is 12.3. The molecule has 10 nitrogen and oxygen atoms in total. The van der Waals surface area contributed by atoms with Crippen molar-refractivity contribution in [2.45, 2.75) is 165 Å². The van der Waals surface area contributed by atoms with Gasteiger partial charge in [-0.2, -0.15) is 8.42 Å². The summed E-state index contributed by atoms with van der Waals surface area (Å²) in [6, 6.07) is 22.7. The third kappa shape index (κ3) is 20.9. The molecule has 0 bridgehead atoms. The Hall–Kier alpha value is -2.84. The zero-order chi connectivity index (χ0) is 43.6. The molecular formula is C48H66CaO10S2. The van der Waals surface area contributed by atoms with Crippen molar-refractivity contribution in [3.05, 3.63) is 96.1 Å². The van der Waals surface area contributed by atoms with Crippen molar-refractivity contribution < 1.29 is 45.6 Å². The zero-order valence-electron chi connectivity index (χ0n) is 36.3. The van der Waals surface area contributed by atoms with E-state index in [1.807, 2.05) is 30.3 Å². The number of unbranched alkanes of at least 4 members (excludes halogenated alkanes) is 18. The van der Waals surface area contributed by atoms with Gasteiger partial charge in [0.2, 0.25) is 0 Å². The third-order valence-corrected chi connectivity index (χ3v) is 12.2. The van der Waals surface area contributed by atoms with Gasteiger partial charge < -0.3 is 24.2 Å². The Kier molecular flexibility index (Phi) is 27.0. The Morgan fingerprint density at radius 2 is 0.820 bits per heavy atom. The molecule has 0 radical (unpaired) electrons. The summed E-state index contributed by atoms with van der Waals surface area (Å²) in [6.45, 7) is 4.47. The Balaban J connectivity index is 0.000000413. The number of phenolic OH excluding ortho intramolecular Hbond substituents is 1. The smallest absolute Gasteiger partial charge is 0.869 e. The quantitative estimate of drug-likeness (QED) is 0.0317. The van der Waals surface area contributed by atoms with Crippen molar-refractivity contribution in [1.29, 1.82) is 0 Å². The molecule has 0 fully saturated rings. The summed E-state index contributed by atoms with van der Waals surface area (Å²) >= 11 is 0. The second-order valence-corrected chi connectivity index (χ2v) is 18.1. The fraction of sp³-hybridized carbons (Fsp3) is 0.500. The second-order valence-electron chi connectivity index (χ2n) is 15.4. The van der Waals surface area contributed by atoms with Crippen LogP contribution in [0.4, 0.5) is 0 Å². The van der Waals surface area contributed by atoms with Gasteiger partial charge in [-0.3, -0.25) is 4.55 Å². The summed E-state index contributed by atoms with van der Waals surface area (Å²) in [4.78, 5) is -1.35. The summed E-state index contributed by atoms with van der Waals surface area (Å²) < 4.78 is 77.2. The van der Waals surface area contributed by atoms with E-state index in [-0.39, 0.29) is 49.2 Å². The van der Waals surface area contributed by atoms with E-state index in [0.717, 1.165) is 61.8 Å². The molecule has 0 aromatic heterocycles. The van der Waals surface area contributed by atoms with Crippen LogP contribution in [-0.4, -0.2) is 68.8 Å². The molecule has 4 rings (SSSR count). The molecule has 0 saturated heterocycles. The van der Waals surface area contributed by atoms with Crippen LogP contribution in [0, 0.1) is 0 Å². The molecule has 13 heteroatoms. The molecule has 0 atom stereocenters. The van der Waals surface area contributed by atoms with Crippen LogP contribution < -0.4 is 14.6 Å². The zero-order valence-corrected chi connectivity index (χ0v) is 40.2. The van der Waals surface area contributed by atoms with Gasteiger partial charge in [0.05, 0.1) is 4.90 Å². The van der Waals surface area contributed by atoms with E-state index in [9.17, 15) is 36.2 Å². The van der Waals surface area contributed by atoms with Crippen LogP contribution >= 0.6 is 0 Å². The molecule has 0 heterocycles. The summed E-state index contributed by atoms with van der Waals surface area (Å²) in [6.07, 6.45) is 27.0. The van der Waals surface area contributed by atoms with Crippen LogP contribution in [0.25, 0.3) is 0 Å². The Morgan fingerprint density at radius 3 is 1.23 bits per heavy atom. The molecule has 4 aromatic rings. The van der Waals surface area contributed by atoms with Gasteiger partial charge >= 0.3 is 37.7 Å². The Bertz CT molecular complexity index is 1910. The van der Waals surface area contributed by atoms with Gasteiger partial charge in [0.25, 0.3) is 10.1 Å². The standard InChI is InChI=1S/2C24H34O5S.Ca/c2*1-2-3-4-5-6-7-8-9-10-11-15-20-16-12-13-17-21(20)29-22-18-14-19-23(24(22)25)30(26,27)28;/h2*12-14,16-19,25H,2-11,15H2,1H3,(H,26,27,28);/q;;+2/p-2. The second kappa shape index (κ2) is 30.3. The van der Waals surface area contributed by atoms with Crippen molar-refractivity contribution in [2.24, 2.45) is 0 Å². The molecule has 0 amide bonds. The van der Waals surface area contributed by atoms with Crippen LogP contribution in [0.5, 0.6) is 34.5 Å². The van der Waals surface area contributed by atoms with Crippen molar-refractivity contribution in [2.75, 3.05) is 0 Å². The molecule has 332 valence electrons. The predicted octanol–water partition coefficient (Wildman–Crippen LogP) is 12.4. The average Bonchev–Trinajstić information content (AvgIpc) is 3.21. The van der Waals surface area contributed by atoms with Crippen molar-refractivity contribution >= 4 is 58.0 Å². The number of ether oxygens (including phenoxy) is 2. The van der Waals surface area contributed by atoms with E-state index >= 15 is 0 Å². The average molecular weight is 907 g/mol. The minimum Gasteiger partial charge on any atom is -0.869 e. The predicted molar refractivity (Wildman–Crippen MR) is 242 cm³/mol. The number of hydrogen-bond donors (Lipinski definition) is 2. The van der Waals surface area contributed by atoms with Gasteiger partial charge in [-0.25, -0.2) is 8.42 Å². The van der Waals surface area contributed by atoms with Gasteiger partial charge in [-0.05, 0) is 79.0 Å². The SMILES string of the molecule is CCCCCCCCCCCCc1ccccc1Oc1cccc(S(=O)(=O)O)c1O.CCCCCCCCCCCCc1ccccc1Oc1cccc(S(=O)(=O)[O-])c1[O-].[Ca+2]. The van der Waals surface area contributed by atoms with Gasteiger partial charge in [0.1, 0.15) is 32.3 Å². The van der Waals surface area contributed by atoms with Crippen LogP contribution in [-0.2, 0) is 33.1 Å². The number of aryl methyl sites for hydroxylation is 2. The molecule has 2 N–H and O–H groups in total. The number of phenols is 1. The summed E-state index contributed by atoms with van der Waals surface area (Å²) in [5.74, 6) is -0.541. The number of hydrogen-bond acceptors (Lipinski definition) is 9. The van der Waals surface area contributed by atoms with Crippen LogP contribution in [0.3, 0.4) is 0 Å². The van der Waals surface area contributed by atoms with Crippen molar-refractivity contribution in [3.63, 3.8) is 0 Å². The first kappa shape index (κ1) is 54.3. The van der Waals surface area contributed by atoms with Gasteiger partial charge in [-0.15, -0.1) is 0 Å². The van der Waals surface area contributed by atoms with E-state index in [1.165, 1.54) is 127 Å². The topological polar surface area (TPSA) is 173 Å². The summed E-state index contributed by atoms with van der Waals surface area (Å²) in [5.41, 5.74) is 1.97. The minimum absolute atomic E-state index is 0. The Morgan fingerprint density at radius 1 is 0.475 bits per heavy atom. The molecule has 0 aliphatic rings. The fourth-order valence-electron chi connectivity index (χ4n) is 7.03.